The van der Waals surface area contributed by atoms with E-state index in [2.05, 4.69) is 9.80 Å². The smallest absolute Gasteiger partial charge is 0.307 e. The predicted octanol–water partition coefficient (Wildman–Crippen LogP) is 1.89. The van der Waals surface area contributed by atoms with Gasteiger partial charge in [0.15, 0.2) is 0 Å². The number of likely N-dealkylation sites (tertiary alicyclic amines) is 2. The van der Waals surface area contributed by atoms with E-state index in [1.165, 1.54) is 32.4 Å². The lowest BCUT2D eigenvalue weighted by Gasteiger charge is -2.24. The van der Waals surface area contributed by atoms with Crippen LogP contribution in [-0.2, 0) is 9.53 Å². The molecule has 1 atom stereocenters. The van der Waals surface area contributed by atoms with Crippen molar-refractivity contribution >= 4 is 5.97 Å². The Hall–Kier alpha value is -0.610. The molecule has 2 rings (SSSR count). The Morgan fingerprint density at radius 1 is 1.21 bits per heavy atom. The Morgan fingerprint density at radius 3 is 2.53 bits per heavy atom. The maximum absolute atomic E-state index is 11.7. The van der Waals surface area contributed by atoms with Crippen LogP contribution in [-0.4, -0.2) is 60.1 Å². The molecule has 2 saturated heterocycles. The highest BCUT2D eigenvalue weighted by Gasteiger charge is 2.29. The van der Waals surface area contributed by atoms with Gasteiger partial charge >= 0.3 is 5.97 Å². The number of ether oxygens (including phenoxy) is 1. The molecule has 0 N–H and O–H groups in total. The average Bonchev–Trinajstić information content (AvgIpc) is 2.95. The summed E-state index contributed by atoms with van der Waals surface area (Å²) in [7, 11) is 0. The Kier molecular flexibility index (Phi) is 4.85. The molecule has 0 bridgehead atoms. The summed E-state index contributed by atoms with van der Waals surface area (Å²) in [5, 5.41) is 0. The van der Waals surface area contributed by atoms with Crippen LogP contribution in [0.2, 0.25) is 0 Å². The number of hydrogen-bond acceptors (Lipinski definition) is 4. The third-order valence-corrected chi connectivity index (χ3v) is 3.96. The fraction of sp³-hybridized carbons (Fsp3) is 0.933. The van der Waals surface area contributed by atoms with E-state index in [9.17, 15) is 4.79 Å². The zero-order valence-electron chi connectivity index (χ0n) is 12.7. The second-order valence-corrected chi connectivity index (χ2v) is 6.82. The fourth-order valence-electron chi connectivity index (χ4n) is 3.06. The molecule has 0 radical (unpaired) electrons. The average molecular weight is 268 g/mol. The summed E-state index contributed by atoms with van der Waals surface area (Å²) < 4.78 is 5.35. The van der Waals surface area contributed by atoms with E-state index < -0.39 is 0 Å². The second-order valence-electron chi connectivity index (χ2n) is 6.82. The second kappa shape index (κ2) is 6.23. The van der Waals surface area contributed by atoms with Crippen LogP contribution >= 0.6 is 0 Å². The summed E-state index contributed by atoms with van der Waals surface area (Å²) in [6.45, 7) is 11.4. The minimum Gasteiger partial charge on any atom is -0.460 e. The van der Waals surface area contributed by atoms with E-state index in [0.29, 0.717) is 6.42 Å². The molecule has 1 unspecified atom stereocenters. The van der Waals surface area contributed by atoms with Crippen molar-refractivity contribution < 1.29 is 9.53 Å². The molecular formula is C15H28N2O2. The van der Waals surface area contributed by atoms with E-state index >= 15 is 0 Å². The van der Waals surface area contributed by atoms with Crippen LogP contribution in [0.3, 0.4) is 0 Å². The van der Waals surface area contributed by atoms with Gasteiger partial charge in [-0.25, -0.2) is 0 Å². The van der Waals surface area contributed by atoms with Gasteiger partial charge in [0.1, 0.15) is 5.60 Å². The van der Waals surface area contributed by atoms with Crippen LogP contribution in [0.15, 0.2) is 0 Å². The van der Waals surface area contributed by atoms with Gasteiger partial charge < -0.3 is 9.64 Å². The van der Waals surface area contributed by atoms with Gasteiger partial charge in [-0.2, -0.15) is 0 Å². The molecular weight excluding hydrogens is 240 g/mol. The first-order valence-corrected chi connectivity index (χ1v) is 7.62. The van der Waals surface area contributed by atoms with Crippen molar-refractivity contribution in [3.63, 3.8) is 0 Å². The topological polar surface area (TPSA) is 32.8 Å². The van der Waals surface area contributed by atoms with Crippen LogP contribution in [0, 0.1) is 0 Å². The lowest BCUT2D eigenvalue weighted by atomic mass is 10.2. The van der Waals surface area contributed by atoms with Gasteiger partial charge in [0.05, 0.1) is 6.42 Å². The molecule has 0 aromatic heterocycles. The maximum Gasteiger partial charge on any atom is 0.307 e. The zero-order chi connectivity index (χ0) is 13.9. The van der Waals surface area contributed by atoms with Crippen molar-refractivity contribution in [2.45, 2.75) is 58.1 Å². The van der Waals surface area contributed by atoms with Crippen molar-refractivity contribution in [3.05, 3.63) is 0 Å². The third-order valence-electron chi connectivity index (χ3n) is 3.96. The van der Waals surface area contributed by atoms with Gasteiger partial charge in [-0.1, -0.05) is 0 Å². The molecule has 0 aliphatic carbocycles. The van der Waals surface area contributed by atoms with Crippen LogP contribution in [0.4, 0.5) is 0 Å². The summed E-state index contributed by atoms with van der Waals surface area (Å²) in [4.78, 5) is 16.7. The molecule has 2 aliphatic rings. The van der Waals surface area contributed by atoms with E-state index in [4.69, 9.17) is 4.74 Å². The largest absolute Gasteiger partial charge is 0.460 e. The number of hydrogen-bond donors (Lipinski definition) is 0. The molecule has 0 saturated carbocycles. The Bertz CT molecular complexity index is 306. The molecule has 2 heterocycles. The first-order chi connectivity index (χ1) is 8.94. The molecule has 4 nitrogen and oxygen atoms in total. The lowest BCUT2D eigenvalue weighted by molar-refractivity contribution is -0.155. The maximum atomic E-state index is 11.7. The molecule has 2 fully saturated rings. The van der Waals surface area contributed by atoms with Gasteiger partial charge in [0.25, 0.3) is 0 Å². The molecule has 19 heavy (non-hydrogen) atoms. The van der Waals surface area contributed by atoms with Gasteiger partial charge in [-0.3, -0.25) is 9.69 Å². The van der Waals surface area contributed by atoms with E-state index in [-0.39, 0.29) is 11.6 Å². The molecule has 4 heteroatoms. The van der Waals surface area contributed by atoms with E-state index in [1.807, 2.05) is 20.8 Å². The Balaban J connectivity index is 1.66. The van der Waals surface area contributed by atoms with Crippen LogP contribution < -0.4 is 0 Å². The fourth-order valence-corrected chi connectivity index (χ4v) is 3.06. The number of carbonyl (C=O) groups excluding carboxylic acids is 1. The molecule has 0 spiro atoms. The van der Waals surface area contributed by atoms with E-state index in [0.717, 1.165) is 25.7 Å². The van der Waals surface area contributed by atoms with Crippen LogP contribution in [0.25, 0.3) is 0 Å². The van der Waals surface area contributed by atoms with Gasteiger partial charge in [0.2, 0.25) is 0 Å². The summed E-state index contributed by atoms with van der Waals surface area (Å²) in [5.41, 5.74) is -0.361. The van der Waals surface area contributed by atoms with Crippen molar-refractivity contribution in [2.24, 2.45) is 0 Å². The first-order valence-electron chi connectivity index (χ1n) is 7.62. The molecule has 2 aliphatic heterocycles. The van der Waals surface area contributed by atoms with Crippen LogP contribution in [0.1, 0.15) is 46.5 Å². The van der Waals surface area contributed by atoms with Crippen LogP contribution in [0.5, 0.6) is 0 Å². The summed E-state index contributed by atoms with van der Waals surface area (Å²) in [6.07, 6.45) is 4.49. The Labute approximate surface area is 117 Å². The molecule has 0 aromatic carbocycles. The minimum atomic E-state index is -0.361. The van der Waals surface area contributed by atoms with Crippen molar-refractivity contribution in [3.8, 4) is 0 Å². The number of esters is 1. The normalized spacial score (nSPS) is 25.9. The van der Waals surface area contributed by atoms with Gasteiger partial charge in [0, 0.05) is 19.1 Å². The highest BCUT2D eigenvalue weighted by Crippen LogP contribution is 2.20. The molecule has 0 amide bonds. The van der Waals surface area contributed by atoms with Crippen molar-refractivity contribution in [1.82, 2.24) is 9.80 Å². The minimum absolute atomic E-state index is 0.0721. The number of carbonyl (C=O) groups is 1. The number of nitrogens with zero attached hydrogens (tertiary/aromatic N) is 2. The lowest BCUT2D eigenvalue weighted by Crippen LogP contribution is -2.36. The predicted molar refractivity (Wildman–Crippen MR) is 76.1 cm³/mol. The van der Waals surface area contributed by atoms with E-state index in [1.54, 1.807) is 0 Å². The van der Waals surface area contributed by atoms with Crippen molar-refractivity contribution in [1.29, 1.82) is 0 Å². The standard InChI is InChI=1S/C15H28N2O2/c1-15(2,3)19-14(18)7-11-16-10-6-13(12-16)17-8-4-5-9-17/h13H,4-12H2,1-3H3. The molecule has 0 aromatic rings. The number of rotatable bonds is 4. The third kappa shape index (κ3) is 4.77. The summed E-state index contributed by atoms with van der Waals surface area (Å²) >= 11 is 0. The van der Waals surface area contributed by atoms with Gasteiger partial charge in [-0.15, -0.1) is 0 Å². The van der Waals surface area contributed by atoms with Crippen molar-refractivity contribution in [2.75, 3.05) is 32.7 Å². The Morgan fingerprint density at radius 2 is 1.89 bits per heavy atom. The highest BCUT2D eigenvalue weighted by molar-refractivity contribution is 5.70. The molecule has 110 valence electrons. The highest BCUT2D eigenvalue weighted by atomic mass is 16.6. The summed E-state index contributed by atoms with van der Waals surface area (Å²) in [5.74, 6) is -0.0721. The van der Waals surface area contributed by atoms with Gasteiger partial charge in [-0.05, 0) is 59.7 Å². The monoisotopic (exact) mass is 268 g/mol. The SMILES string of the molecule is CC(C)(C)OC(=O)CCN1CCC(N2CCCC2)C1. The first kappa shape index (κ1) is 14.8. The quantitative estimate of drug-likeness (QED) is 0.729. The zero-order valence-corrected chi connectivity index (χ0v) is 12.7. The summed E-state index contributed by atoms with van der Waals surface area (Å²) in [6, 6.07) is 0.723.